The van der Waals surface area contributed by atoms with Gasteiger partial charge in [-0.15, -0.1) is 0 Å². The highest BCUT2D eigenvalue weighted by Crippen LogP contribution is 2.00. The minimum absolute atomic E-state index is 0.00420. The average molecular weight is 405 g/mol. The number of aliphatic imine (C=N–C) groups is 1. The van der Waals surface area contributed by atoms with Gasteiger partial charge in [0.15, 0.2) is 5.96 Å². The third-order valence-electron chi connectivity index (χ3n) is 3.40. The standard InChI is InChI=1S/C14H27N7O7/c15-4-10(24)19-8(5-22)11(25)21-9(6-23)12(26)20-7(13(27)28)2-1-3-18-14(16)17/h7-9,22-23H,1-6,15H2,(H,19,24)(H,20,26)(H,21,25)(H,27,28)(H4,16,17,18)/t7-,8-,9-/m0/s1. The molecular weight excluding hydrogens is 378 g/mol. The second-order valence-corrected chi connectivity index (χ2v) is 5.60. The van der Waals surface area contributed by atoms with Crippen LogP contribution in [0.3, 0.4) is 0 Å². The van der Waals surface area contributed by atoms with Gasteiger partial charge in [0.05, 0.1) is 19.8 Å². The molecule has 0 aliphatic heterocycles. The molecular formula is C14H27N7O7. The predicted molar refractivity (Wildman–Crippen MR) is 96.6 cm³/mol. The molecule has 28 heavy (non-hydrogen) atoms. The summed E-state index contributed by atoms with van der Waals surface area (Å²) in [4.78, 5) is 50.4. The van der Waals surface area contributed by atoms with Gasteiger partial charge in [-0.1, -0.05) is 0 Å². The second kappa shape index (κ2) is 13.2. The zero-order valence-corrected chi connectivity index (χ0v) is 15.1. The molecule has 0 aromatic carbocycles. The molecule has 3 atom stereocenters. The first-order chi connectivity index (χ1) is 13.2. The van der Waals surface area contributed by atoms with Gasteiger partial charge in [0, 0.05) is 6.54 Å². The smallest absolute Gasteiger partial charge is 0.326 e. The van der Waals surface area contributed by atoms with Crippen LogP contribution in [-0.4, -0.2) is 89.4 Å². The number of nitrogens with two attached hydrogens (primary N) is 3. The zero-order chi connectivity index (χ0) is 21.7. The predicted octanol–water partition coefficient (Wildman–Crippen LogP) is -5.48. The van der Waals surface area contributed by atoms with Gasteiger partial charge in [-0.3, -0.25) is 19.4 Å². The fourth-order valence-corrected chi connectivity index (χ4v) is 1.95. The number of hydrogen-bond acceptors (Lipinski definition) is 8. The number of aliphatic hydroxyl groups is 2. The van der Waals surface area contributed by atoms with Crippen LogP contribution in [-0.2, 0) is 19.2 Å². The van der Waals surface area contributed by atoms with Crippen LogP contribution in [0.5, 0.6) is 0 Å². The molecule has 12 N–H and O–H groups in total. The van der Waals surface area contributed by atoms with Crippen LogP contribution in [0.4, 0.5) is 0 Å². The lowest BCUT2D eigenvalue weighted by atomic mass is 10.1. The van der Waals surface area contributed by atoms with Crippen molar-refractivity contribution in [1.29, 1.82) is 0 Å². The van der Waals surface area contributed by atoms with Gasteiger partial charge in [0.1, 0.15) is 18.1 Å². The summed E-state index contributed by atoms with van der Waals surface area (Å²) in [6.07, 6.45) is 0.249. The summed E-state index contributed by atoms with van der Waals surface area (Å²) in [5.41, 5.74) is 15.4. The zero-order valence-electron chi connectivity index (χ0n) is 15.1. The molecule has 0 aliphatic carbocycles. The Morgan fingerprint density at radius 1 is 0.893 bits per heavy atom. The normalized spacial score (nSPS) is 13.5. The Labute approximate surface area is 160 Å². The van der Waals surface area contributed by atoms with Gasteiger partial charge >= 0.3 is 5.97 Å². The number of carbonyl (C=O) groups is 4. The van der Waals surface area contributed by atoms with Gasteiger partial charge < -0.3 is 48.5 Å². The van der Waals surface area contributed by atoms with E-state index in [2.05, 4.69) is 20.9 Å². The topological polar surface area (TPSA) is 255 Å². The number of guanidine groups is 1. The lowest BCUT2D eigenvalue weighted by Crippen LogP contribution is -2.58. The van der Waals surface area contributed by atoms with Gasteiger partial charge in [-0.25, -0.2) is 4.79 Å². The first kappa shape index (κ1) is 25.0. The van der Waals surface area contributed by atoms with E-state index in [9.17, 15) is 29.4 Å². The molecule has 0 bridgehead atoms. The number of carboxylic acids is 1. The van der Waals surface area contributed by atoms with Crippen molar-refractivity contribution < 1.29 is 34.5 Å². The van der Waals surface area contributed by atoms with E-state index in [4.69, 9.17) is 22.3 Å². The number of hydrogen-bond donors (Lipinski definition) is 9. The Bertz CT molecular complexity index is 580. The molecule has 0 unspecified atom stereocenters. The van der Waals surface area contributed by atoms with Crippen molar-refractivity contribution in [2.45, 2.75) is 31.0 Å². The maximum atomic E-state index is 12.2. The average Bonchev–Trinajstić information content (AvgIpc) is 2.65. The number of rotatable bonds is 13. The molecule has 0 aliphatic rings. The van der Waals surface area contributed by atoms with Crippen LogP contribution < -0.4 is 33.2 Å². The van der Waals surface area contributed by atoms with Crippen molar-refractivity contribution in [2.24, 2.45) is 22.2 Å². The SMILES string of the molecule is NCC(=O)N[C@@H](CO)C(=O)N[C@@H](CO)C(=O)N[C@@H](CCCN=C(N)N)C(=O)O. The summed E-state index contributed by atoms with van der Waals surface area (Å²) < 4.78 is 0. The summed E-state index contributed by atoms with van der Waals surface area (Å²) in [7, 11) is 0. The lowest BCUT2D eigenvalue weighted by Gasteiger charge is -2.22. The number of carbonyl (C=O) groups excluding carboxylic acids is 3. The molecule has 0 saturated heterocycles. The van der Waals surface area contributed by atoms with Crippen molar-refractivity contribution in [3.8, 4) is 0 Å². The molecule has 0 fully saturated rings. The molecule has 0 spiro atoms. The quantitative estimate of drug-likeness (QED) is 0.0797. The molecule has 14 heteroatoms. The highest BCUT2D eigenvalue weighted by molar-refractivity contribution is 5.93. The monoisotopic (exact) mass is 405 g/mol. The maximum absolute atomic E-state index is 12.2. The van der Waals surface area contributed by atoms with Crippen LogP contribution in [0, 0.1) is 0 Å². The van der Waals surface area contributed by atoms with Crippen molar-refractivity contribution in [3.05, 3.63) is 0 Å². The Balaban J connectivity index is 4.84. The molecule has 0 aromatic rings. The van der Waals surface area contributed by atoms with E-state index in [1.165, 1.54) is 0 Å². The van der Waals surface area contributed by atoms with Gasteiger partial charge in [0.2, 0.25) is 17.7 Å². The number of amides is 3. The molecule has 0 heterocycles. The van der Waals surface area contributed by atoms with Crippen LogP contribution in [0.15, 0.2) is 4.99 Å². The van der Waals surface area contributed by atoms with E-state index in [-0.39, 0.29) is 25.3 Å². The van der Waals surface area contributed by atoms with Crippen molar-refractivity contribution in [3.63, 3.8) is 0 Å². The summed E-state index contributed by atoms with van der Waals surface area (Å²) in [5, 5.41) is 34.1. The minimum Gasteiger partial charge on any atom is -0.480 e. The van der Waals surface area contributed by atoms with E-state index >= 15 is 0 Å². The van der Waals surface area contributed by atoms with Gasteiger partial charge in [0.25, 0.3) is 0 Å². The largest absolute Gasteiger partial charge is 0.480 e. The summed E-state index contributed by atoms with van der Waals surface area (Å²) in [5.74, 6) is -4.13. The third kappa shape index (κ3) is 9.65. The van der Waals surface area contributed by atoms with Gasteiger partial charge in [-0.2, -0.15) is 0 Å². The number of carboxylic acid groups (broad SMARTS) is 1. The van der Waals surface area contributed by atoms with E-state index < -0.39 is 61.6 Å². The molecule has 14 nitrogen and oxygen atoms in total. The van der Waals surface area contributed by atoms with Crippen molar-refractivity contribution >= 4 is 29.7 Å². The molecule has 160 valence electrons. The van der Waals surface area contributed by atoms with Crippen molar-refractivity contribution in [1.82, 2.24) is 16.0 Å². The number of aliphatic carboxylic acids is 1. The molecule has 3 amide bonds. The molecule has 0 aromatic heterocycles. The summed E-state index contributed by atoms with van der Waals surface area (Å²) in [6.45, 7) is -1.89. The van der Waals surface area contributed by atoms with Crippen LogP contribution >= 0.6 is 0 Å². The maximum Gasteiger partial charge on any atom is 0.326 e. The third-order valence-corrected chi connectivity index (χ3v) is 3.40. The second-order valence-electron chi connectivity index (χ2n) is 5.60. The number of nitrogens with zero attached hydrogens (tertiary/aromatic N) is 1. The molecule has 0 radical (unpaired) electrons. The van der Waals surface area contributed by atoms with E-state index in [1.807, 2.05) is 0 Å². The van der Waals surface area contributed by atoms with E-state index in [0.29, 0.717) is 0 Å². The Morgan fingerprint density at radius 2 is 1.39 bits per heavy atom. The first-order valence-electron chi connectivity index (χ1n) is 8.26. The fraction of sp³-hybridized carbons (Fsp3) is 0.643. The summed E-state index contributed by atoms with van der Waals surface area (Å²) in [6, 6.07) is -4.21. The summed E-state index contributed by atoms with van der Waals surface area (Å²) >= 11 is 0. The highest BCUT2D eigenvalue weighted by Gasteiger charge is 2.28. The van der Waals surface area contributed by atoms with E-state index in [0.717, 1.165) is 0 Å². The molecule has 0 saturated carbocycles. The lowest BCUT2D eigenvalue weighted by molar-refractivity contribution is -0.142. The fourth-order valence-electron chi connectivity index (χ4n) is 1.95. The van der Waals surface area contributed by atoms with Crippen LogP contribution in [0.2, 0.25) is 0 Å². The van der Waals surface area contributed by atoms with E-state index in [1.54, 1.807) is 0 Å². The number of nitrogens with one attached hydrogen (secondary N) is 3. The van der Waals surface area contributed by atoms with Crippen molar-refractivity contribution in [2.75, 3.05) is 26.3 Å². The van der Waals surface area contributed by atoms with Gasteiger partial charge in [-0.05, 0) is 12.8 Å². The molecule has 0 rings (SSSR count). The van der Waals surface area contributed by atoms with Crippen LogP contribution in [0.25, 0.3) is 0 Å². The number of aliphatic hydroxyl groups excluding tert-OH is 2. The Morgan fingerprint density at radius 3 is 1.82 bits per heavy atom. The first-order valence-corrected chi connectivity index (χ1v) is 8.26. The Kier molecular flexibility index (Phi) is 11.8. The Hall–Kier alpha value is -2.97. The van der Waals surface area contributed by atoms with Crippen LogP contribution in [0.1, 0.15) is 12.8 Å². The highest BCUT2D eigenvalue weighted by atomic mass is 16.4. The minimum atomic E-state index is -1.50.